The van der Waals surface area contributed by atoms with Crippen LogP contribution < -0.4 is 16.0 Å². The Kier molecular flexibility index (Phi) is 8.90. The lowest BCUT2D eigenvalue weighted by molar-refractivity contribution is -0.134. The van der Waals surface area contributed by atoms with Gasteiger partial charge < -0.3 is 20.7 Å². The van der Waals surface area contributed by atoms with Crippen LogP contribution in [0, 0.1) is 0 Å². The van der Waals surface area contributed by atoms with Crippen molar-refractivity contribution < 1.29 is 9.53 Å². The lowest BCUT2D eigenvalue weighted by Crippen LogP contribution is -2.49. The minimum absolute atomic E-state index is 0. The van der Waals surface area contributed by atoms with Crippen molar-refractivity contribution in [3.8, 4) is 0 Å². The first-order valence-electron chi connectivity index (χ1n) is 5.69. The molecular formula is C10H21Cl2N3O2. The minimum atomic E-state index is -0.305. The smallest absolute Gasteiger partial charge is 0.250 e. The van der Waals surface area contributed by atoms with E-state index in [0.717, 1.165) is 26.1 Å². The Balaban J connectivity index is 0.00000128. The molecule has 2 aliphatic heterocycles. The number of nitrogens with one attached hydrogen (secondary N) is 3. The SMILES string of the molecule is Cl.Cl.O=C(NCC1CCCN1)[C@H]1CNCCO1. The molecule has 0 aromatic carbocycles. The van der Waals surface area contributed by atoms with Crippen molar-refractivity contribution in [1.29, 1.82) is 0 Å². The van der Waals surface area contributed by atoms with Gasteiger partial charge in [0.25, 0.3) is 5.91 Å². The predicted octanol–water partition coefficient (Wildman–Crippen LogP) is -0.313. The van der Waals surface area contributed by atoms with Crippen LogP contribution in [0.5, 0.6) is 0 Å². The molecule has 17 heavy (non-hydrogen) atoms. The van der Waals surface area contributed by atoms with Crippen molar-refractivity contribution in [2.24, 2.45) is 0 Å². The summed E-state index contributed by atoms with van der Waals surface area (Å²) in [6, 6.07) is 0.450. The van der Waals surface area contributed by atoms with Gasteiger partial charge in [0.1, 0.15) is 6.10 Å². The molecule has 0 bridgehead atoms. The summed E-state index contributed by atoms with van der Waals surface area (Å²) in [5.41, 5.74) is 0. The van der Waals surface area contributed by atoms with E-state index >= 15 is 0 Å². The Morgan fingerprint density at radius 1 is 1.35 bits per heavy atom. The lowest BCUT2D eigenvalue weighted by Gasteiger charge is -2.23. The molecule has 7 heteroatoms. The largest absolute Gasteiger partial charge is 0.366 e. The maximum Gasteiger partial charge on any atom is 0.250 e. The van der Waals surface area contributed by atoms with Crippen molar-refractivity contribution in [3.63, 3.8) is 0 Å². The topological polar surface area (TPSA) is 62.4 Å². The number of ether oxygens (including phenoxy) is 1. The number of carbonyl (C=O) groups excluding carboxylic acids is 1. The van der Waals surface area contributed by atoms with Gasteiger partial charge in [0, 0.05) is 25.7 Å². The number of hydrogen-bond acceptors (Lipinski definition) is 4. The minimum Gasteiger partial charge on any atom is -0.366 e. The van der Waals surface area contributed by atoms with E-state index in [2.05, 4.69) is 16.0 Å². The number of morpholine rings is 1. The van der Waals surface area contributed by atoms with Crippen LogP contribution in [0.15, 0.2) is 0 Å². The summed E-state index contributed by atoms with van der Waals surface area (Å²) in [6.07, 6.45) is 2.06. The molecule has 2 saturated heterocycles. The Morgan fingerprint density at radius 3 is 2.76 bits per heavy atom. The molecule has 102 valence electrons. The van der Waals surface area contributed by atoms with Crippen molar-refractivity contribution in [2.75, 3.05) is 32.8 Å². The molecule has 1 unspecified atom stereocenters. The zero-order chi connectivity index (χ0) is 10.5. The van der Waals surface area contributed by atoms with E-state index in [-0.39, 0.29) is 36.8 Å². The average molecular weight is 286 g/mol. The van der Waals surface area contributed by atoms with Crippen LogP contribution in [0.4, 0.5) is 0 Å². The zero-order valence-electron chi connectivity index (χ0n) is 9.74. The number of amides is 1. The fourth-order valence-electron chi connectivity index (χ4n) is 2.00. The van der Waals surface area contributed by atoms with Crippen LogP contribution in [0.1, 0.15) is 12.8 Å². The Morgan fingerprint density at radius 2 is 2.18 bits per heavy atom. The van der Waals surface area contributed by atoms with Gasteiger partial charge in [0.15, 0.2) is 0 Å². The standard InChI is InChI=1S/C10H19N3O2.2ClH/c14-10(9-7-11-4-5-15-9)13-6-8-2-1-3-12-8;;/h8-9,11-12H,1-7H2,(H,13,14);2*1H/t8?,9-;;/m1../s1. The lowest BCUT2D eigenvalue weighted by atomic mass is 10.2. The van der Waals surface area contributed by atoms with E-state index < -0.39 is 0 Å². The third kappa shape index (κ3) is 5.40. The number of rotatable bonds is 3. The van der Waals surface area contributed by atoms with Crippen LogP contribution >= 0.6 is 24.8 Å². The molecule has 2 heterocycles. The van der Waals surface area contributed by atoms with Gasteiger partial charge in [-0.1, -0.05) is 0 Å². The van der Waals surface area contributed by atoms with Gasteiger partial charge in [0.2, 0.25) is 0 Å². The summed E-state index contributed by atoms with van der Waals surface area (Å²) >= 11 is 0. The van der Waals surface area contributed by atoms with E-state index in [9.17, 15) is 4.79 Å². The highest BCUT2D eigenvalue weighted by atomic mass is 35.5. The average Bonchev–Trinajstić information content (AvgIpc) is 2.80. The normalized spacial score (nSPS) is 27.8. The van der Waals surface area contributed by atoms with Crippen molar-refractivity contribution in [1.82, 2.24) is 16.0 Å². The van der Waals surface area contributed by atoms with Gasteiger partial charge in [-0.15, -0.1) is 24.8 Å². The maximum atomic E-state index is 11.7. The zero-order valence-corrected chi connectivity index (χ0v) is 11.4. The van der Waals surface area contributed by atoms with Crippen LogP contribution in [0.25, 0.3) is 0 Å². The molecule has 0 aliphatic carbocycles. The van der Waals surface area contributed by atoms with Crippen molar-refractivity contribution >= 4 is 30.7 Å². The van der Waals surface area contributed by atoms with Gasteiger partial charge in [-0.2, -0.15) is 0 Å². The van der Waals surface area contributed by atoms with E-state index in [1.807, 2.05) is 0 Å². The summed E-state index contributed by atoms with van der Waals surface area (Å²) in [4.78, 5) is 11.7. The van der Waals surface area contributed by atoms with Crippen LogP contribution in [-0.2, 0) is 9.53 Å². The monoisotopic (exact) mass is 285 g/mol. The number of halogens is 2. The Labute approximate surface area is 114 Å². The third-order valence-corrected chi connectivity index (χ3v) is 2.91. The highest BCUT2D eigenvalue weighted by Gasteiger charge is 2.22. The van der Waals surface area contributed by atoms with E-state index in [4.69, 9.17) is 4.74 Å². The molecule has 0 radical (unpaired) electrons. The van der Waals surface area contributed by atoms with Crippen molar-refractivity contribution in [3.05, 3.63) is 0 Å². The van der Waals surface area contributed by atoms with E-state index in [1.54, 1.807) is 0 Å². The molecule has 0 aromatic rings. The molecule has 2 aliphatic rings. The first kappa shape index (κ1) is 16.9. The Hall–Kier alpha value is -0.0700. The van der Waals surface area contributed by atoms with Crippen LogP contribution in [-0.4, -0.2) is 50.8 Å². The molecule has 1 amide bonds. The molecular weight excluding hydrogens is 265 g/mol. The number of hydrogen-bond donors (Lipinski definition) is 3. The van der Waals surface area contributed by atoms with Crippen molar-refractivity contribution in [2.45, 2.75) is 25.0 Å². The molecule has 2 atom stereocenters. The summed E-state index contributed by atoms with van der Waals surface area (Å²) in [7, 11) is 0. The molecule has 0 aromatic heterocycles. The van der Waals surface area contributed by atoms with Gasteiger partial charge in [-0.05, 0) is 19.4 Å². The summed E-state index contributed by atoms with van der Waals surface area (Å²) < 4.78 is 5.36. The molecule has 0 spiro atoms. The van der Waals surface area contributed by atoms with Gasteiger partial charge in [0.05, 0.1) is 6.61 Å². The summed E-state index contributed by atoms with van der Waals surface area (Å²) in [6.45, 7) is 3.89. The third-order valence-electron chi connectivity index (χ3n) is 2.91. The first-order chi connectivity index (χ1) is 7.36. The van der Waals surface area contributed by atoms with Gasteiger partial charge >= 0.3 is 0 Å². The van der Waals surface area contributed by atoms with E-state index in [0.29, 0.717) is 19.2 Å². The van der Waals surface area contributed by atoms with Crippen LogP contribution in [0.2, 0.25) is 0 Å². The fourth-order valence-corrected chi connectivity index (χ4v) is 2.00. The van der Waals surface area contributed by atoms with Gasteiger partial charge in [-0.3, -0.25) is 4.79 Å². The second-order valence-corrected chi connectivity index (χ2v) is 4.10. The maximum absolute atomic E-state index is 11.7. The number of carbonyl (C=O) groups is 1. The summed E-state index contributed by atoms with van der Waals surface area (Å²) in [5, 5.41) is 9.41. The molecule has 2 fully saturated rings. The predicted molar refractivity (Wildman–Crippen MR) is 71.1 cm³/mol. The van der Waals surface area contributed by atoms with Crippen LogP contribution in [0.3, 0.4) is 0 Å². The molecule has 3 N–H and O–H groups in total. The summed E-state index contributed by atoms with van der Waals surface area (Å²) in [5.74, 6) is 0.0101. The fraction of sp³-hybridized carbons (Fsp3) is 0.900. The van der Waals surface area contributed by atoms with Gasteiger partial charge in [-0.25, -0.2) is 0 Å². The Bertz CT molecular complexity index is 220. The molecule has 5 nitrogen and oxygen atoms in total. The quantitative estimate of drug-likeness (QED) is 0.666. The second kappa shape index (κ2) is 8.94. The first-order valence-corrected chi connectivity index (χ1v) is 5.69. The van der Waals surface area contributed by atoms with E-state index in [1.165, 1.54) is 6.42 Å². The second-order valence-electron chi connectivity index (χ2n) is 4.10. The molecule has 2 rings (SSSR count). The highest BCUT2D eigenvalue weighted by Crippen LogP contribution is 2.03. The molecule has 0 saturated carbocycles. The highest BCUT2D eigenvalue weighted by molar-refractivity contribution is 5.85.